The highest BCUT2D eigenvalue weighted by Gasteiger charge is 2.61. The number of benzene rings is 1. The van der Waals surface area contributed by atoms with E-state index in [1.165, 1.54) is 0 Å². The van der Waals surface area contributed by atoms with Crippen molar-refractivity contribution in [3.63, 3.8) is 0 Å². The van der Waals surface area contributed by atoms with Crippen molar-refractivity contribution in [2.45, 2.75) is 99.9 Å². The number of fused-ring (bicyclic) bond motifs is 2. The normalized spacial score (nSPS) is 28.8. The SMILES string of the molecule is CC(C)(C)OC(=O)N[C@H]1CCCCC/C=C\[C@@H]2C[C@@]2(C(=O)NS(=O)(=O)c2c(F)cccc2F)NC(=O)[C@@H]2C[C@@H](O)CN2C1=O. The number of sulfonamides is 1. The molecule has 5 atom stereocenters. The minimum atomic E-state index is -5.01. The van der Waals surface area contributed by atoms with Gasteiger partial charge in [0.2, 0.25) is 11.8 Å². The standard InChI is InChI=1S/C29H38F2N4O8S/c1-28(2,3)43-27(40)32-21-13-8-6-4-5-7-10-17-15-29(17,33-24(37)22-14-18(36)16-35(22)25(21)38)26(39)34-44(41,42)23-19(30)11-9-12-20(23)31/h7,9-12,17-18,21-22,36H,4-6,8,13-16H2,1-3H3,(H,32,40)(H,33,37)(H,34,39)/b10-7-/t17-,18-,21+,22+,29-/m1/s1. The molecule has 4 amide bonds. The van der Waals surface area contributed by atoms with Crippen LogP contribution in [0, 0.1) is 17.6 Å². The molecule has 0 bridgehead atoms. The lowest BCUT2D eigenvalue weighted by Crippen LogP contribution is -2.58. The molecule has 0 unspecified atom stereocenters. The molecule has 2 heterocycles. The van der Waals surface area contributed by atoms with E-state index in [4.69, 9.17) is 4.74 Å². The van der Waals surface area contributed by atoms with E-state index in [1.807, 2.05) is 0 Å². The van der Waals surface area contributed by atoms with Crippen LogP contribution in [-0.2, 0) is 29.1 Å². The van der Waals surface area contributed by atoms with Crippen LogP contribution in [0.25, 0.3) is 0 Å². The fraction of sp³-hybridized carbons (Fsp3) is 0.586. The number of rotatable bonds is 4. The molecule has 1 aliphatic carbocycles. The number of ether oxygens (including phenoxy) is 1. The largest absolute Gasteiger partial charge is 0.444 e. The maximum atomic E-state index is 14.3. The summed E-state index contributed by atoms with van der Waals surface area (Å²) < 4.78 is 61.3. The van der Waals surface area contributed by atoms with Crippen molar-refractivity contribution in [1.82, 2.24) is 20.3 Å². The van der Waals surface area contributed by atoms with E-state index >= 15 is 0 Å². The molecule has 0 aromatic heterocycles. The number of carbonyl (C=O) groups excluding carboxylic acids is 4. The molecule has 2 fully saturated rings. The summed E-state index contributed by atoms with van der Waals surface area (Å²) in [5.74, 6) is -6.09. The summed E-state index contributed by atoms with van der Waals surface area (Å²) in [6, 6.07) is 0.134. The fourth-order valence-electron chi connectivity index (χ4n) is 5.55. The summed E-state index contributed by atoms with van der Waals surface area (Å²) in [5.41, 5.74) is -2.62. The van der Waals surface area contributed by atoms with Gasteiger partial charge in [0.1, 0.15) is 34.9 Å². The van der Waals surface area contributed by atoms with Crippen molar-refractivity contribution in [3.05, 3.63) is 42.0 Å². The third kappa shape index (κ3) is 7.54. The van der Waals surface area contributed by atoms with Crippen LogP contribution in [0.1, 0.15) is 65.7 Å². The number of amides is 4. The third-order valence-electron chi connectivity index (χ3n) is 7.77. The second-order valence-electron chi connectivity index (χ2n) is 12.4. The van der Waals surface area contributed by atoms with Crippen molar-refractivity contribution < 1.29 is 46.2 Å². The number of hydrogen-bond acceptors (Lipinski definition) is 8. The van der Waals surface area contributed by atoms with Gasteiger partial charge in [-0.1, -0.05) is 31.1 Å². The Bertz CT molecular complexity index is 1430. The Hall–Kier alpha value is -3.59. The molecule has 242 valence electrons. The van der Waals surface area contributed by atoms with Gasteiger partial charge in [-0.05, 0) is 58.6 Å². The molecule has 0 radical (unpaired) electrons. The summed E-state index contributed by atoms with van der Waals surface area (Å²) in [6.45, 7) is 4.80. The Morgan fingerprint density at radius 2 is 1.82 bits per heavy atom. The highest BCUT2D eigenvalue weighted by Crippen LogP contribution is 2.46. The number of aliphatic hydroxyl groups excluding tert-OH is 1. The highest BCUT2D eigenvalue weighted by molar-refractivity contribution is 7.90. The first-order valence-corrected chi connectivity index (χ1v) is 16.0. The topological polar surface area (TPSA) is 171 Å². The van der Waals surface area contributed by atoms with Crippen molar-refractivity contribution >= 4 is 33.8 Å². The van der Waals surface area contributed by atoms with Crippen LogP contribution in [0.2, 0.25) is 0 Å². The van der Waals surface area contributed by atoms with Gasteiger partial charge in [0.05, 0.1) is 6.10 Å². The molecule has 15 heteroatoms. The van der Waals surface area contributed by atoms with Crippen LogP contribution in [0.5, 0.6) is 0 Å². The zero-order valence-electron chi connectivity index (χ0n) is 24.8. The summed E-state index contributed by atoms with van der Waals surface area (Å²) in [6.07, 6.45) is 4.18. The quantitative estimate of drug-likeness (QED) is 0.362. The summed E-state index contributed by atoms with van der Waals surface area (Å²) in [5, 5.41) is 15.6. The fourth-order valence-corrected chi connectivity index (χ4v) is 6.73. The van der Waals surface area contributed by atoms with E-state index in [9.17, 15) is 41.5 Å². The molecule has 4 N–H and O–H groups in total. The molecule has 1 saturated heterocycles. The van der Waals surface area contributed by atoms with Gasteiger partial charge in [-0.15, -0.1) is 0 Å². The van der Waals surface area contributed by atoms with Crippen LogP contribution < -0.4 is 15.4 Å². The molecule has 1 aromatic carbocycles. The molecular weight excluding hydrogens is 602 g/mol. The van der Waals surface area contributed by atoms with Gasteiger partial charge in [0, 0.05) is 18.9 Å². The van der Waals surface area contributed by atoms with Crippen molar-refractivity contribution in [1.29, 1.82) is 0 Å². The second kappa shape index (κ2) is 12.8. The Balaban J connectivity index is 1.61. The molecule has 4 rings (SSSR count). The van der Waals surface area contributed by atoms with Gasteiger partial charge in [-0.2, -0.15) is 0 Å². The van der Waals surface area contributed by atoms with Gasteiger partial charge in [-0.3, -0.25) is 14.4 Å². The molecule has 0 spiro atoms. The maximum absolute atomic E-state index is 14.3. The predicted molar refractivity (Wildman–Crippen MR) is 152 cm³/mol. The first kappa shape index (κ1) is 33.3. The Kier molecular flexibility index (Phi) is 9.69. The number of halogens is 2. The predicted octanol–water partition coefficient (Wildman–Crippen LogP) is 2.02. The minimum Gasteiger partial charge on any atom is -0.444 e. The van der Waals surface area contributed by atoms with Crippen LogP contribution in [0.15, 0.2) is 35.2 Å². The summed E-state index contributed by atoms with van der Waals surface area (Å²) >= 11 is 0. The number of aliphatic hydroxyl groups is 1. The van der Waals surface area contributed by atoms with Crippen LogP contribution in [0.3, 0.4) is 0 Å². The lowest BCUT2D eigenvalue weighted by atomic mass is 10.0. The molecule has 12 nitrogen and oxygen atoms in total. The van der Waals surface area contributed by atoms with Gasteiger partial charge >= 0.3 is 6.09 Å². The smallest absolute Gasteiger partial charge is 0.408 e. The molecule has 3 aliphatic rings. The Morgan fingerprint density at radius 3 is 2.48 bits per heavy atom. The van der Waals surface area contributed by atoms with E-state index in [1.54, 1.807) is 37.6 Å². The monoisotopic (exact) mass is 640 g/mol. The zero-order valence-corrected chi connectivity index (χ0v) is 25.6. The van der Waals surface area contributed by atoms with Crippen molar-refractivity contribution in [2.24, 2.45) is 5.92 Å². The van der Waals surface area contributed by atoms with Crippen molar-refractivity contribution in [3.8, 4) is 0 Å². The maximum Gasteiger partial charge on any atom is 0.408 e. The van der Waals surface area contributed by atoms with Crippen LogP contribution in [0.4, 0.5) is 13.6 Å². The number of allylic oxidation sites excluding steroid dienone is 1. The summed E-state index contributed by atoms with van der Waals surface area (Å²) in [7, 11) is -5.01. The van der Waals surface area contributed by atoms with Crippen LogP contribution in [-0.4, -0.2) is 78.1 Å². The van der Waals surface area contributed by atoms with Gasteiger partial charge in [0.15, 0.2) is 4.90 Å². The Labute approximate surface area is 254 Å². The van der Waals surface area contributed by atoms with Crippen molar-refractivity contribution in [2.75, 3.05) is 6.54 Å². The molecule has 1 saturated carbocycles. The average Bonchev–Trinajstić information content (AvgIpc) is 3.45. The lowest BCUT2D eigenvalue weighted by Gasteiger charge is -2.30. The minimum absolute atomic E-state index is 0.0115. The van der Waals surface area contributed by atoms with E-state index in [0.29, 0.717) is 25.7 Å². The van der Waals surface area contributed by atoms with Gasteiger partial charge in [0.25, 0.3) is 15.9 Å². The molecule has 2 aliphatic heterocycles. The number of alkyl carbamates (subject to hydrolysis) is 1. The number of hydrogen-bond donors (Lipinski definition) is 4. The van der Waals surface area contributed by atoms with Gasteiger partial charge < -0.3 is 25.4 Å². The number of nitrogens with zero attached hydrogens (tertiary/aromatic N) is 1. The lowest BCUT2D eigenvalue weighted by molar-refractivity contribution is -0.141. The van der Waals surface area contributed by atoms with E-state index in [-0.39, 0.29) is 25.8 Å². The summed E-state index contributed by atoms with van der Waals surface area (Å²) in [4.78, 5) is 53.1. The van der Waals surface area contributed by atoms with E-state index in [0.717, 1.165) is 23.1 Å². The van der Waals surface area contributed by atoms with Gasteiger partial charge in [-0.25, -0.2) is 26.7 Å². The highest BCUT2D eigenvalue weighted by atomic mass is 32.2. The third-order valence-corrected chi connectivity index (χ3v) is 9.15. The van der Waals surface area contributed by atoms with E-state index < -0.39 is 85.6 Å². The first-order chi connectivity index (χ1) is 20.5. The average molecular weight is 641 g/mol. The molecular formula is C29H38F2N4O8S. The number of carbonyl (C=O) groups is 4. The molecule has 44 heavy (non-hydrogen) atoms. The molecule has 1 aromatic rings. The number of nitrogens with one attached hydrogen (secondary N) is 3. The zero-order chi connectivity index (χ0) is 32.4. The first-order valence-electron chi connectivity index (χ1n) is 14.5. The second-order valence-corrected chi connectivity index (χ2v) is 14.0. The Morgan fingerprint density at radius 1 is 1.14 bits per heavy atom. The van der Waals surface area contributed by atoms with E-state index in [2.05, 4.69) is 10.6 Å². The van der Waals surface area contributed by atoms with Crippen LogP contribution >= 0.6 is 0 Å².